The highest BCUT2D eigenvalue weighted by molar-refractivity contribution is 9.10. The summed E-state index contributed by atoms with van der Waals surface area (Å²) in [6.45, 7) is 8.60. The maximum Gasteiger partial charge on any atom is 0.162 e. The van der Waals surface area contributed by atoms with Gasteiger partial charge in [0.1, 0.15) is 0 Å². The molecule has 0 aliphatic rings. The van der Waals surface area contributed by atoms with Gasteiger partial charge in [0.25, 0.3) is 0 Å². The van der Waals surface area contributed by atoms with Crippen LogP contribution in [0.15, 0.2) is 16.6 Å². The molecule has 126 valence electrons. The maximum absolute atomic E-state index is 8.75. The lowest BCUT2D eigenvalue weighted by Crippen LogP contribution is -2.15. The molecule has 0 amide bonds. The van der Waals surface area contributed by atoms with Crippen LogP contribution in [0.2, 0.25) is 0 Å². The maximum atomic E-state index is 8.75. The van der Waals surface area contributed by atoms with Gasteiger partial charge in [0, 0.05) is 17.6 Å². The van der Waals surface area contributed by atoms with Gasteiger partial charge < -0.3 is 19.9 Å². The Morgan fingerprint density at radius 2 is 1.95 bits per heavy atom. The quantitative estimate of drug-likeness (QED) is 0.577. The molecule has 0 fully saturated rings. The molecule has 0 aliphatic carbocycles. The van der Waals surface area contributed by atoms with Gasteiger partial charge in [-0.2, -0.15) is 0 Å². The minimum Gasteiger partial charge on any atom is -0.490 e. The number of hydrogen-bond acceptors (Lipinski definition) is 4. The standard InChI is InChI=1S/C17H28BrNO3/c1-4-21-16-10-14(12-19-8-6-5-7-9-20)15(18)11-17(16)22-13(2)3/h10-11,13,19-20H,4-9,12H2,1-3H3. The molecule has 0 saturated carbocycles. The van der Waals surface area contributed by atoms with E-state index >= 15 is 0 Å². The zero-order chi connectivity index (χ0) is 16.4. The Morgan fingerprint density at radius 3 is 2.59 bits per heavy atom. The van der Waals surface area contributed by atoms with Crippen LogP contribution in [-0.4, -0.2) is 31.0 Å². The average molecular weight is 374 g/mol. The van der Waals surface area contributed by atoms with E-state index in [2.05, 4.69) is 21.2 Å². The number of unbranched alkanes of at least 4 members (excludes halogenated alkanes) is 2. The summed E-state index contributed by atoms with van der Waals surface area (Å²) in [5.41, 5.74) is 1.15. The van der Waals surface area contributed by atoms with Gasteiger partial charge in [-0.25, -0.2) is 0 Å². The molecular formula is C17H28BrNO3. The third-order valence-corrected chi connectivity index (χ3v) is 3.84. The summed E-state index contributed by atoms with van der Waals surface area (Å²) in [5.74, 6) is 1.56. The Kier molecular flexibility index (Phi) is 9.52. The number of benzene rings is 1. The first-order valence-corrected chi connectivity index (χ1v) is 8.81. The molecule has 0 saturated heterocycles. The summed E-state index contributed by atoms with van der Waals surface area (Å²) in [6, 6.07) is 4.01. The number of halogens is 1. The molecule has 0 aromatic heterocycles. The summed E-state index contributed by atoms with van der Waals surface area (Å²) in [7, 11) is 0. The lowest BCUT2D eigenvalue weighted by atomic mass is 10.2. The van der Waals surface area contributed by atoms with Gasteiger partial charge in [0.15, 0.2) is 11.5 Å². The smallest absolute Gasteiger partial charge is 0.162 e. The Labute approximate surface area is 142 Å². The summed E-state index contributed by atoms with van der Waals surface area (Å²) in [4.78, 5) is 0. The molecule has 0 spiro atoms. The summed E-state index contributed by atoms with van der Waals surface area (Å²) in [5, 5.41) is 12.2. The highest BCUT2D eigenvalue weighted by Crippen LogP contribution is 2.34. The monoisotopic (exact) mass is 373 g/mol. The SMILES string of the molecule is CCOc1cc(CNCCCCCO)c(Br)cc1OC(C)C. The number of ether oxygens (including phenoxy) is 2. The fourth-order valence-corrected chi connectivity index (χ4v) is 2.55. The molecule has 0 radical (unpaired) electrons. The molecule has 5 heteroatoms. The van der Waals surface area contributed by atoms with Crippen LogP contribution in [0.25, 0.3) is 0 Å². The van der Waals surface area contributed by atoms with Crippen molar-refractivity contribution in [3.05, 3.63) is 22.2 Å². The minimum absolute atomic E-state index is 0.113. The second-order valence-corrected chi connectivity index (χ2v) is 6.31. The van der Waals surface area contributed by atoms with Crippen molar-refractivity contribution in [2.45, 2.75) is 52.7 Å². The van der Waals surface area contributed by atoms with Crippen LogP contribution >= 0.6 is 15.9 Å². The van der Waals surface area contributed by atoms with Crippen LogP contribution in [0.3, 0.4) is 0 Å². The number of aliphatic hydroxyl groups is 1. The second-order valence-electron chi connectivity index (χ2n) is 5.45. The number of rotatable bonds is 11. The highest BCUT2D eigenvalue weighted by Gasteiger charge is 2.12. The van der Waals surface area contributed by atoms with E-state index in [0.717, 1.165) is 53.9 Å². The summed E-state index contributed by atoms with van der Waals surface area (Å²) >= 11 is 3.61. The van der Waals surface area contributed by atoms with E-state index in [1.165, 1.54) is 0 Å². The lowest BCUT2D eigenvalue weighted by Gasteiger charge is -2.17. The third-order valence-electron chi connectivity index (χ3n) is 3.10. The second kappa shape index (κ2) is 10.9. The molecule has 22 heavy (non-hydrogen) atoms. The molecule has 1 rings (SSSR count). The topological polar surface area (TPSA) is 50.7 Å². The van der Waals surface area contributed by atoms with Crippen molar-refractivity contribution < 1.29 is 14.6 Å². The predicted molar refractivity (Wildman–Crippen MR) is 93.7 cm³/mol. The van der Waals surface area contributed by atoms with Crippen LogP contribution in [0.4, 0.5) is 0 Å². The van der Waals surface area contributed by atoms with E-state index in [9.17, 15) is 0 Å². The van der Waals surface area contributed by atoms with Crippen LogP contribution in [0, 0.1) is 0 Å². The van der Waals surface area contributed by atoms with E-state index < -0.39 is 0 Å². The number of aliphatic hydroxyl groups excluding tert-OH is 1. The van der Waals surface area contributed by atoms with Crippen molar-refractivity contribution in [1.82, 2.24) is 5.32 Å². The van der Waals surface area contributed by atoms with Crippen molar-refractivity contribution in [2.24, 2.45) is 0 Å². The first kappa shape index (κ1) is 19.3. The van der Waals surface area contributed by atoms with Crippen molar-refractivity contribution in [3.63, 3.8) is 0 Å². The van der Waals surface area contributed by atoms with Crippen molar-refractivity contribution in [3.8, 4) is 11.5 Å². The third kappa shape index (κ3) is 6.99. The molecule has 1 aromatic rings. The van der Waals surface area contributed by atoms with Crippen LogP contribution in [0.1, 0.15) is 45.6 Å². The molecule has 0 unspecified atom stereocenters. The molecule has 0 heterocycles. The zero-order valence-corrected chi connectivity index (χ0v) is 15.4. The Bertz CT molecular complexity index is 438. The molecule has 1 aromatic carbocycles. The first-order chi connectivity index (χ1) is 10.6. The molecule has 0 atom stereocenters. The van der Waals surface area contributed by atoms with Crippen LogP contribution in [-0.2, 0) is 6.54 Å². The van der Waals surface area contributed by atoms with E-state index in [4.69, 9.17) is 14.6 Å². The molecule has 0 aliphatic heterocycles. The van der Waals surface area contributed by atoms with Crippen LogP contribution < -0.4 is 14.8 Å². The molecule has 0 bridgehead atoms. The predicted octanol–water partition coefficient (Wildman–Crippen LogP) is 3.89. The number of nitrogens with one attached hydrogen (secondary N) is 1. The van der Waals surface area contributed by atoms with Gasteiger partial charge >= 0.3 is 0 Å². The first-order valence-electron chi connectivity index (χ1n) is 8.02. The fraction of sp³-hybridized carbons (Fsp3) is 0.647. The van der Waals surface area contributed by atoms with Gasteiger partial charge in [-0.1, -0.05) is 15.9 Å². The highest BCUT2D eigenvalue weighted by atomic mass is 79.9. The Hall–Kier alpha value is -0.780. The Morgan fingerprint density at radius 1 is 1.18 bits per heavy atom. The van der Waals surface area contributed by atoms with Gasteiger partial charge in [0.05, 0.1) is 12.7 Å². The summed E-state index contributed by atoms with van der Waals surface area (Å²) in [6.07, 6.45) is 3.11. The van der Waals surface area contributed by atoms with E-state index in [1.807, 2.05) is 32.9 Å². The normalized spacial score (nSPS) is 11.0. The van der Waals surface area contributed by atoms with E-state index in [0.29, 0.717) is 6.61 Å². The van der Waals surface area contributed by atoms with Gasteiger partial charge in [-0.05, 0) is 64.3 Å². The fourth-order valence-electron chi connectivity index (χ4n) is 2.09. The van der Waals surface area contributed by atoms with Crippen LogP contribution in [0.5, 0.6) is 11.5 Å². The molecule has 2 N–H and O–H groups in total. The van der Waals surface area contributed by atoms with Crippen molar-refractivity contribution in [1.29, 1.82) is 0 Å². The van der Waals surface area contributed by atoms with E-state index in [-0.39, 0.29) is 12.7 Å². The summed E-state index contributed by atoms with van der Waals surface area (Å²) < 4.78 is 12.5. The van der Waals surface area contributed by atoms with Gasteiger partial charge in [-0.15, -0.1) is 0 Å². The average Bonchev–Trinajstić information content (AvgIpc) is 2.46. The van der Waals surface area contributed by atoms with Gasteiger partial charge in [0.2, 0.25) is 0 Å². The lowest BCUT2D eigenvalue weighted by molar-refractivity contribution is 0.223. The van der Waals surface area contributed by atoms with E-state index in [1.54, 1.807) is 0 Å². The van der Waals surface area contributed by atoms with Crippen molar-refractivity contribution >= 4 is 15.9 Å². The molecular weight excluding hydrogens is 346 g/mol. The largest absolute Gasteiger partial charge is 0.490 e. The Balaban J connectivity index is 2.64. The zero-order valence-electron chi connectivity index (χ0n) is 13.8. The minimum atomic E-state index is 0.113. The van der Waals surface area contributed by atoms with Gasteiger partial charge in [-0.3, -0.25) is 0 Å². The molecule has 4 nitrogen and oxygen atoms in total. The van der Waals surface area contributed by atoms with Crippen molar-refractivity contribution in [2.75, 3.05) is 19.8 Å². The number of hydrogen-bond donors (Lipinski definition) is 2.